The van der Waals surface area contributed by atoms with E-state index in [9.17, 15) is 0 Å². The Hall–Kier alpha value is -2.42. The highest BCUT2D eigenvalue weighted by Crippen LogP contribution is 2.66. The molecule has 8 rings (SSSR count). The van der Waals surface area contributed by atoms with Crippen molar-refractivity contribution in [1.29, 1.82) is 0 Å². The zero-order valence-electron chi connectivity index (χ0n) is 18.0. The summed E-state index contributed by atoms with van der Waals surface area (Å²) in [6.07, 6.45) is 6.61. The first kappa shape index (κ1) is 16.3. The lowest BCUT2D eigenvalue weighted by Crippen LogP contribution is -2.38. The highest BCUT2D eigenvalue weighted by molar-refractivity contribution is 5.98. The van der Waals surface area contributed by atoms with Crippen LogP contribution in [0.1, 0.15) is 93.1 Å². The quantitative estimate of drug-likeness (QED) is 0.338. The van der Waals surface area contributed by atoms with E-state index in [2.05, 4.69) is 55.5 Å². The van der Waals surface area contributed by atoms with Crippen LogP contribution in [0.5, 0.6) is 0 Å². The summed E-state index contributed by atoms with van der Waals surface area (Å²) in [6, 6.07) is 11.1. The van der Waals surface area contributed by atoms with Crippen molar-refractivity contribution in [2.45, 2.75) is 76.0 Å². The lowest BCUT2D eigenvalue weighted by atomic mass is 9.63. The largest absolute Gasteiger partial charge is 0.279 e. The SMILES string of the molecule is CC12CCC(c3c4c(cc5nc6c7ccccc7nc1n6c35)C1CCC4C1)C2(C)C. The number of nitrogens with zero attached hydrogens (tertiary/aromatic N) is 3. The van der Waals surface area contributed by atoms with E-state index in [1.54, 1.807) is 16.7 Å². The molecule has 4 atom stereocenters. The number of imidazole rings is 1. The molecule has 3 heteroatoms. The molecule has 1 aliphatic heterocycles. The van der Waals surface area contributed by atoms with Gasteiger partial charge in [0.05, 0.1) is 16.6 Å². The Morgan fingerprint density at radius 1 is 0.933 bits per heavy atom. The topological polar surface area (TPSA) is 30.2 Å². The molecule has 4 aliphatic rings. The number of benzene rings is 2. The van der Waals surface area contributed by atoms with Crippen LogP contribution in [0.4, 0.5) is 0 Å². The molecule has 2 fully saturated rings. The monoisotopic (exact) mass is 393 g/mol. The number of para-hydroxylation sites is 1. The smallest absolute Gasteiger partial charge is 0.148 e. The van der Waals surface area contributed by atoms with Crippen molar-refractivity contribution in [2.24, 2.45) is 5.41 Å². The maximum Gasteiger partial charge on any atom is 0.148 e. The Labute approximate surface area is 176 Å². The molecule has 0 amide bonds. The van der Waals surface area contributed by atoms with Gasteiger partial charge in [0.25, 0.3) is 0 Å². The minimum atomic E-state index is 0.0527. The minimum absolute atomic E-state index is 0.0527. The van der Waals surface area contributed by atoms with Crippen molar-refractivity contribution in [3.63, 3.8) is 0 Å². The Balaban J connectivity index is 1.68. The summed E-state index contributed by atoms with van der Waals surface area (Å²) in [4.78, 5) is 10.7. The van der Waals surface area contributed by atoms with Gasteiger partial charge in [-0.15, -0.1) is 0 Å². The molecule has 150 valence electrons. The number of rotatable bonds is 0. The van der Waals surface area contributed by atoms with Crippen molar-refractivity contribution in [3.05, 3.63) is 52.8 Å². The van der Waals surface area contributed by atoms with E-state index in [0.717, 1.165) is 23.0 Å². The molecule has 0 saturated heterocycles. The third-order valence-electron chi connectivity index (χ3n) is 9.98. The van der Waals surface area contributed by atoms with Gasteiger partial charge >= 0.3 is 0 Å². The summed E-state index contributed by atoms with van der Waals surface area (Å²) < 4.78 is 2.50. The average Bonchev–Trinajstić information content (AvgIpc) is 3.47. The summed E-state index contributed by atoms with van der Waals surface area (Å²) in [5.74, 6) is 3.38. The molecule has 2 aromatic heterocycles. The van der Waals surface area contributed by atoms with E-state index in [-0.39, 0.29) is 10.8 Å². The maximum absolute atomic E-state index is 5.36. The zero-order chi connectivity index (χ0) is 20.0. The summed E-state index contributed by atoms with van der Waals surface area (Å²) in [7, 11) is 0. The fourth-order valence-electron chi connectivity index (χ4n) is 8.06. The van der Waals surface area contributed by atoms with Crippen molar-refractivity contribution < 1.29 is 0 Å². The lowest BCUT2D eigenvalue weighted by Gasteiger charge is -2.40. The number of fused-ring (bicyclic) bond motifs is 12. The Morgan fingerprint density at radius 3 is 2.67 bits per heavy atom. The van der Waals surface area contributed by atoms with Gasteiger partial charge in [-0.25, -0.2) is 9.97 Å². The summed E-state index contributed by atoms with van der Waals surface area (Å²) in [6.45, 7) is 7.52. The standard InChI is InChI=1S/C27H27N3/c1-26(2)18-10-11-27(26,3)25-29-19-7-5-4-6-16(19)24-28-20-13-17-14-8-9-15(12-14)21(17)22(18)23(20)30(24)25/h4-7,13-15,18H,8-12H2,1-3H3. The zero-order valence-corrected chi connectivity index (χ0v) is 18.0. The predicted octanol–water partition coefficient (Wildman–Crippen LogP) is 6.58. The third-order valence-corrected chi connectivity index (χ3v) is 9.98. The summed E-state index contributed by atoms with van der Waals surface area (Å²) in [5, 5.41) is 1.19. The summed E-state index contributed by atoms with van der Waals surface area (Å²) in [5.41, 5.74) is 10.1. The second-order valence-corrected chi connectivity index (χ2v) is 11.2. The molecule has 2 saturated carbocycles. The highest BCUT2D eigenvalue weighted by atomic mass is 15.1. The Kier molecular flexibility index (Phi) is 2.57. The van der Waals surface area contributed by atoms with E-state index in [0.29, 0.717) is 5.92 Å². The minimum Gasteiger partial charge on any atom is -0.279 e. The normalized spacial score (nSPS) is 32.6. The van der Waals surface area contributed by atoms with Crippen LogP contribution < -0.4 is 0 Å². The fraction of sp³-hybridized carbons (Fsp3) is 0.481. The van der Waals surface area contributed by atoms with Gasteiger partial charge in [-0.1, -0.05) is 32.9 Å². The van der Waals surface area contributed by atoms with Gasteiger partial charge in [0.1, 0.15) is 11.5 Å². The highest BCUT2D eigenvalue weighted by Gasteiger charge is 2.58. The molecule has 0 radical (unpaired) electrons. The van der Waals surface area contributed by atoms with Gasteiger partial charge in [0.2, 0.25) is 0 Å². The molecule has 0 N–H and O–H groups in total. The molecule has 4 unspecified atom stereocenters. The van der Waals surface area contributed by atoms with Gasteiger partial charge in [-0.3, -0.25) is 4.40 Å². The molecule has 3 nitrogen and oxygen atoms in total. The van der Waals surface area contributed by atoms with Crippen LogP contribution in [0.15, 0.2) is 30.3 Å². The molecule has 4 bridgehead atoms. The van der Waals surface area contributed by atoms with Crippen molar-refractivity contribution >= 4 is 27.6 Å². The first-order chi connectivity index (χ1) is 14.5. The van der Waals surface area contributed by atoms with Crippen LogP contribution in [0.2, 0.25) is 0 Å². The fourth-order valence-corrected chi connectivity index (χ4v) is 8.06. The van der Waals surface area contributed by atoms with Crippen molar-refractivity contribution in [1.82, 2.24) is 14.4 Å². The van der Waals surface area contributed by atoms with Gasteiger partial charge < -0.3 is 0 Å². The van der Waals surface area contributed by atoms with Crippen LogP contribution in [0.3, 0.4) is 0 Å². The van der Waals surface area contributed by atoms with E-state index in [4.69, 9.17) is 9.97 Å². The van der Waals surface area contributed by atoms with Gasteiger partial charge in [-0.2, -0.15) is 0 Å². The van der Waals surface area contributed by atoms with Gasteiger partial charge in [-0.05, 0) is 90.2 Å². The molecule has 30 heavy (non-hydrogen) atoms. The van der Waals surface area contributed by atoms with E-state index >= 15 is 0 Å². The van der Waals surface area contributed by atoms with E-state index < -0.39 is 0 Å². The summed E-state index contributed by atoms with van der Waals surface area (Å²) >= 11 is 0. The number of hydrogen-bond donors (Lipinski definition) is 0. The number of aromatic nitrogens is 3. The van der Waals surface area contributed by atoms with Crippen LogP contribution >= 0.6 is 0 Å². The average molecular weight is 394 g/mol. The van der Waals surface area contributed by atoms with E-state index in [1.807, 2.05) is 0 Å². The van der Waals surface area contributed by atoms with Gasteiger partial charge in [0.15, 0.2) is 0 Å². The molecule has 4 aromatic rings. The Morgan fingerprint density at radius 2 is 1.77 bits per heavy atom. The Bertz CT molecular complexity index is 1440. The second-order valence-electron chi connectivity index (χ2n) is 11.2. The molecule has 3 aliphatic carbocycles. The molecular formula is C27H27N3. The first-order valence-corrected chi connectivity index (χ1v) is 11.8. The maximum atomic E-state index is 5.36. The van der Waals surface area contributed by atoms with Crippen molar-refractivity contribution in [2.75, 3.05) is 0 Å². The molecule has 0 spiro atoms. The van der Waals surface area contributed by atoms with Crippen molar-refractivity contribution in [3.8, 4) is 0 Å². The molecule has 3 heterocycles. The molecule has 2 aromatic carbocycles. The van der Waals surface area contributed by atoms with E-state index in [1.165, 1.54) is 54.3 Å². The van der Waals surface area contributed by atoms with Crippen LogP contribution in [-0.4, -0.2) is 14.4 Å². The third kappa shape index (κ3) is 1.53. The van der Waals surface area contributed by atoms with Gasteiger partial charge in [0, 0.05) is 10.8 Å². The van der Waals surface area contributed by atoms with Crippen LogP contribution in [-0.2, 0) is 5.41 Å². The second kappa shape index (κ2) is 4.74. The first-order valence-electron chi connectivity index (χ1n) is 11.8. The lowest BCUT2D eigenvalue weighted by molar-refractivity contribution is 0.193. The predicted molar refractivity (Wildman–Crippen MR) is 120 cm³/mol. The molecular weight excluding hydrogens is 366 g/mol. The van der Waals surface area contributed by atoms with Crippen LogP contribution in [0, 0.1) is 5.41 Å². The number of hydrogen-bond acceptors (Lipinski definition) is 2. The van der Waals surface area contributed by atoms with Crippen LogP contribution in [0.25, 0.3) is 27.6 Å².